The van der Waals surface area contributed by atoms with Gasteiger partial charge >= 0.3 is 6.03 Å². The third kappa shape index (κ3) is 3.65. The second-order valence-corrected chi connectivity index (χ2v) is 6.55. The minimum absolute atomic E-state index is 0.279. The lowest BCUT2D eigenvalue weighted by molar-refractivity contribution is -0.141. The van der Waals surface area contributed by atoms with Gasteiger partial charge in [-0.3, -0.25) is 19.8 Å². The minimum Gasteiger partial charge on any atom is -0.497 e. The molecule has 0 aromatic heterocycles. The quantitative estimate of drug-likeness (QED) is 0.603. The number of amides is 4. The monoisotopic (exact) mass is 388 g/mol. The standard InChI is InChI=1S/C19H24N4O5/c1-4-5-8-23-18(25)16(17(24)20-19(23)26)14-10-13(21-22-14)12-7-6-11(27-2)9-15(12)28-3/h6-7,9-10,13,16,21-22H,4-5,8H2,1-3H3,(H,20,24,26)/t13-,16-/m1/s1. The molecule has 2 aliphatic heterocycles. The van der Waals surface area contributed by atoms with E-state index >= 15 is 0 Å². The number of methoxy groups -OCH3 is 2. The summed E-state index contributed by atoms with van der Waals surface area (Å²) in [7, 11) is 3.13. The van der Waals surface area contributed by atoms with Crippen LogP contribution in [0.25, 0.3) is 0 Å². The maximum Gasteiger partial charge on any atom is 0.330 e. The number of hydrazine groups is 1. The van der Waals surface area contributed by atoms with Crippen molar-refractivity contribution >= 4 is 17.8 Å². The van der Waals surface area contributed by atoms with E-state index in [0.717, 1.165) is 16.9 Å². The molecular formula is C19H24N4O5. The summed E-state index contributed by atoms with van der Waals surface area (Å²) < 4.78 is 10.6. The first kappa shape index (κ1) is 19.7. The van der Waals surface area contributed by atoms with Crippen molar-refractivity contribution in [1.82, 2.24) is 21.1 Å². The van der Waals surface area contributed by atoms with Gasteiger partial charge < -0.3 is 14.9 Å². The number of carbonyl (C=O) groups excluding carboxylic acids is 3. The predicted molar refractivity (Wildman–Crippen MR) is 100 cm³/mol. The van der Waals surface area contributed by atoms with Crippen molar-refractivity contribution in [2.75, 3.05) is 20.8 Å². The van der Waals surface area contributed by atoms with E-state index < -0.39 is 23.8 Å². The number of nitrogens with zero attached hydrogens (tertiary/aromatic N) is 1. The largest absolute Gasteiger partial charge is 0.497 e. The summed E-state index contributed by atoms with van der Waals surface area (Å²) in [5.74, 6) is -0.995. The Bertz CT molecular complexity index is 823. The van der Waals surface area contributed by atoms with Crippen LogP contribution in [0.2, 0.25) is 0 Å². The molecule has 0 unspecified atom stereocenters. The van der Waals surface area contributed by atoms with Crippen LogP contribution in [0.1, 0.15) is 31.4 Å². The Labute approximate surface area is 163 Å². The molecule has 0 radical (unpaired) electrons. The molecule has 1 fully saturated rings. The number of urea groups is 1. The summed E-state index contributed by atoms with van der Waals surface area (Å²) in [6.07, 6.45) is 3.26. The number of nitrogens with one attached hydrogen (secondary N) is 3. The highest BCUT2D eigenvalue weighted by molar-refractivity contribution is 6.17. The lowest BCUT2D eigenvalue weighted by atomic mass is 9.98. The Hall–Kier alpha value is -3.07. The Morgan fingerprint density at radius 1 is 1.14 bits per heavy atom. The highest BCUT2D eigenvalue weighted by Crippen LogP contribution is 2.33. The maximum atomic E-state index is 12.8. The summed E-state index contributed by atoms with van der Waals surface area (Å²) >= 11 is 0. The molecule has 0 saturated carbocycles. The van der Waals surface area contributed by atoms with Crippen LogP contribution in [0.15, 0.2) is 30.0 Å². The number of barbiturate groups is 1. The number of unbranched alkanes of at least 4 members (excludes halogenated alkanes) is 1. The molecular weight excluding hydrogens is 364 g/mol. The van der Waals surface area contributed by atoms with Crippen molar-refractivity contribution in [1.29, 1.82) is 0 Å². The average Bonchev–Trinajstić information content (AvgIpc) is 3.16. The highest BCUT2D eigenvalue weighted by atomic mass is 16.5. The number of benzene rings is 1. The van der Waals surface area contributed by atoms with Gasteiger partial charge in [-0.25, -0.2) is 10.2 Å². The summed E-state index contributed by atoms with van der Waals surface area (Å²) in [6, 6.07) is 4.41. The third-order valence-corrected chi connectivity index (χ3v) is 4.79. The van der Waals surface area contributed by atoms with Crippen LogP contribution in [0.5, 0.6) is 11.5 Å². The molecule has 0 aliphatic carbocycles. The van der Waals surface area contributed by atoms with Gasteiger partial charge in [0.05, 0.1) is 20.3 Å². The van der Waals surface area contributed by atoms with Crippen LogP contribution in [0.4, 0.5) is 4.79 Å². The molecule has 28 heavy (non-hydrogen) atoms. The number of rotatable bonds is 7. The van der Waals surface area contributed by atoms with Gasteiger partial charge in [0.15, 0.2) is 5.92 Å². The van der Waals surface area contributed by atoms with Gasteiger partial charge in [-0.2, -0.15) is 0 Å². The molecule has 9 heteroatoms. The zero-order valence-electron chi connectivity index (χ0n) is 16.1. The first-order valence-electron chi connectivity index (χ1n) is 9.11. The predicted octanol–water partition coefficient (Wildman–Crippen LogP) is 1.23. The summed E-state index contributed by atoms with van der Waals surface area (Å²) in [5, 5.41) is 2.27. The van der Waals surface area contributed by atoms with E-state index in [1.54, 1.807) is 32.4 Å². The lowest BCUT2D eigenvalue weighted by Crippen LogP contribution is -2.59. The smallest absolute Gasteiger partial charge is 0.330 e. The topological polar surface area (TPSA) is 109 Å². The molecule has 150 valence electrons. The van der Waals surface area contributed by atoms with Crippen LogP contribution in [-0.4, -0.2) is 43.5 Å². The first-order valence-corrected chi connectivity index (χ1v) is 9.11. The second kappa shape index (κ2) is 8.30. The number of ether oxygens (including phenoxy) is 2. The number of imide groups is 2. The molecule has 2 aliphatic rings. The summed E-state index contributed by atoms with van der Waals surface area (Å²) in [6.45, 7) is 2.24. The van der Waals surface area contributed by atoms with Crippen LogP contribution in [0, 0.1) is 5.92 Å². The van der Waals surface area contributed by atoms with E-state index in [9.17, 15) is 14.4 Å². The molecule has 3 rings (SSSR count). The Morgan fingerprint density at radius 3 is 2.61 bits per heavy atom. The van der Waals surface area contributed by atoms with E-state index in [0.29, 0.717) is 23.6 Å². The van der Waals surface area contributed by atoms with E-state index in [1.165, 1.54) is 0 Å². The second-order valence-electron chi connectivity index (χ2n) is 6.55. The third-order valence-electron chi connectivity index (χ3n) is 4.79. The van der Waals surface area contributed by atoms with Gasteiger partial charge in [0.1, 0.15) is 11.5 Å². The van der Waals surface area contributed by atoms with Crippen molar-refractivity contribution in [3.05, 3.63) is 35.5 Å². The SMILES string of the molecule is CCCCN1C(=O)NC(=O)[C@@H](C2=C[C@H](c3ccc(OC)cc3OC)NN2)C1=O. The average molecular weight is 388 g/mol. The molecule has 0 spiro atoms. The Kier molecular flexibility index (Phi) is 5.84. The highest BCUT2D eigenvalue weighted by Gasteiger charge is 2.43. The molecule has 1 aromatic carbocycles. The lowest BCUT2D eigenvalue weighted by Gasteiger charge is -2.30. The van der Waals surface area contributed by atoms with Crippen LogP contribution >= 0.6 is 0 Å². The fraction of sp³-hybridized carbons (Fsp3) is 0.421. The van der Waals surface area contributed by atoms with Crippen LogP contribution in [0.3, 0.4) is 0 Å². The first-order chi connectivity index (χ1) is 13.5. The van der Waals surface area contributed by atoms with E-state index in [-0.39, 0.29) is 12.6 Å². The van der Waals surface area contributed by atoms with Gasteiger partial charge in [0.25, 0.3) is 0 Å². The van der Waals surface area contributed by atoms with Crippen molar-refractivity contribution < 1.29 is 23.9 Å². The van der Waals surface area contributed by atoms with Gasteiger partial charge in [-0.15, -0.1) is 0 Å². The molecule has 2 atom stereocenters. The zero-order valence-corrected chi connectivity index (χ0v) is 16.1. The van der Waals surface area contributed by atoms with Crippen molar-refractivity contribution in [3.8, 4) is 11.5 Å². The van der Waals surface area contributed by atoms with E-state index in [2.05, 4.69) is 16.2 Å². The fourth-order valence-corrected chi connectivity index (χ4v) is 3.25. The molecule has 1 saturated heterocycles. The molecule has 4 amide bonds. The van der Waals surface area contributed by atoms with Crippen molar-refractivity contribution in [3.63, 3.8) is 0 Å². The van der Waals surface area contributed by atoms with Gasteiger partial charge in [-0.1, -0.05) is 13.3 Å². The fourth-order valence-electron chi connectivity index (χ4n) is 3.25. The Morgan fingerprint density at radius 2 is 1.93 bits per heavy atom. The molecule has 0 bridgehead atoms. The number of hydrogen-bond acceptors (Lipinski definition) is 7. The molecule has 9 nitrogen and oxygen atoms in total. The van der Waals surface area contributed by atoms with E-state index in [4.69, 9.17) is 9.47 Å². The van der Waals surface area contributed by atoms with Crippen LogP contribution < -0.4 is 25.6 Å². The van der Waals surface area contributed by atoms with Gasteiger partial charge in [0.2, 0.25) is 11.8 Å². The number of carbonyl (C=O) groups is 3. The van der Waals surface area contributed by atoms with Gasteiger partial charge in [0, 0.05) is 23.9 Å². The minimum atomic E-state index is -1.10. The van der Waals surface area contributed by atoms with Crippen molar-refractivity contribution in [2.45, 2.75) is 25.8 Å². The van der Waals surface area contributed by atoms with Gasteiger partial charge in [-0.05, 0) is 24.6 Å². The van der Waals surface area contributed by atoms with Crippen LogP contribution in [-0.2, 0) is 9.59 Å². The normalized spacial score (nSPS) is 21.9. The summed E-state index contributed by atoms with van der Waals surface area (Å²) in [5.41, 5.74) is 7.17. The van der Waals surface area contributed by atoms with E-state index in [1.807, 2.05) is 13.0 Å². The maximum absolute atomic E-state index is 12.8. The molecule has 2 heterocycles. The summed E-state index contributed by atoms with van der Waals surface area (Å²) in [4.78, 5) is 38.2. The molecule has 3 N–H and O–H groups in total. The zero-order chi connectivity index (χ0) is 20.3. The van der Waals surface area contributed by atoms with Crippen molar-refractivity contribution in [2.24, 2.45) is 5.92 Å². The number of hydrogen-bond donors (Lipinski definition) is 3. The Balaban J connectivity index is 1.85. The molecule has 1 aromatic rings.